The Morgan fingerprint density at radius 2 is 1.33 bits per heavy atom. The molecule has 0 aliphatic rings. The van der Waals surface area contributed by atoms with Crippen LogP contribution in [0.4, 0.5) is 0 Å². The van der Waals surface area contributed by atoms with Crippen molar-refractivity contribution in [2.45, 2.75) is 19.2 Å². The molecule has 0 nitrogen and oxygen atoms in total. The number of hydrogen-bond acceptors (Lipinski definition) is 0. The average molecular weight is 113 g/mol. The second-order valence-electron chi connectivity index (χ2n) is 1.01. The fourth-order valence-electron chi connectivity index (χ4n) is 0. The summed E-state index contributed by atoms with van der Waals surface area (Å²) in [5.41, 5.74) is 0. The Balaban J connectivity index is -0.0000000450. The van der Waals surface area contributed by atoms with Crippen molar-refractivity contribution < 1.29 is 0 Å². The van der Waals surface area contributed by atoms with Gasteiger partial charge in [0, 0.05) is 5.38 Å². The van der Waals surface area contributed by atoms with Gasteiger partial charge in [0.25, 0.3) is 0 Å². The zero-order valence-electron chi connectivity index (χ0n) is 2.96. The summed E-state index contributed by atoms with van der Waals surface area (Å²) in [4.78, 5) is 0. The van der Waals surface area contributed by atoms with Gasteiger partial charge < -0.3 is 0 Å². The molecule has 0 rings (SSSR count). The van der Waals surface area contributed by atoms with Crippen molar-refractivity contribution in [2.75, 3.05) is 0 Å². The van der Waals surface area contributed by atoms with Crippen LogP contribution in [0.3, 0.4) is 0 Å². The zero-order valence-corrected chi connectivity index (χ0v) is 3.71. The minimum atomic E-state index is 0. The Kier molecular flexibility index (Phi) is 25.6. The van der Waals surface area contributed by atoms with Crippen molar-refractivity contribution in [2.24, 2.45) is 0 Å². The van der Waals surface area contributed by atoms with Crippen LogP contribution in [0.2, 0.25) is 0 Å². The Morgan fingerprint density at radius 3 is 1.33 bits per heavy atom. The van der Waals surface area contributed by atoms with E-state index in [4.69, 9.17) is 11.6 Å². The Bertz CT molecular complexity index is 15.5. The molecule has 0 saturated carbocycles. The van der Waals surface area contributed by atoms with Gasteiger partial charge in [-0.25, -0.2) is 0 Å². The number of hydrogen-bond donors (Lipinski definition) is 0. The molecule has 0 saturated heterocycles. The molecule has 0 bridgehead atoms. The van der Waals surface area contributed by atoms with E-state index < -0.39 is 0 Å². The summed E-state index contributed by atoms with van der Waals surface area (Å²) in [6.45, 7) is 3.86. The number of rotatable bonds is 0. The first-order valence-electron chi connectivity index (χ1n) is 1.37. The topological polar surface area (TPSA) is 0 Å². The van der Waals surface area contributed by atoms with Gasteiger partial charge in [0.1, 0.15) is 0 Å². The van der Waals surface area contributed by atoms with Crippen LogP contribution in [0.15, 0.2) is 0 Å². The van der Waals surface area contributed by atoms with Gasteiger partial charge in [-0.2, -0.15) is 0 Å². The summed E-state index contributed by atoms with van der Waals surface area (Å²) in [6, 6.07) is 0. The SMILES string of the molecule is CC(C)Cl.[LiH].[MgH2]. The van der Waals surface area contributed by atoms with Crippen molar-refractivity contribution in [3.8, 4) is 0 Å². The molecule has 6 heavy (non-hydrogen) atoms. The Morgan fingerprint density at radius 1 is 1.33 bits per heavy atom. The van der Waals surface area contributed by atoms with Crippen LogP contribution in [-0.2, 0) is 0 Å². The van der Waals surface area contributed by atoms with Gasteiger partial charge >= 0.3 is 41.9 Å². The van der Waals surface area contributed by atoms with Crippen molar-refractivity contribution >= 4 is 53.5 Å². The molecule has 32 valence electrons. The van der Waals surface area contributed by atoms with Crippen molar-refractivity contribution in [3.05, 3.63) is 0 Å². The fraction of sp³-hybridized carbons (Fsp3) is 1.00. The summed E-state index contributed by atoms with van der Waals surface area (Å²) in [5, 5.41) is 0.306. The summed E-state index contributed by atoms with van der Waals surface area (Å²) in [7, 11) is 0. The normalized spacial score (nSPS) is 6.00. The third kappa shape index (κ3) is 44.8. The standard InChI is InChI=1S/C3H7Cl.Li.Mg.3H/c1-3(2)4;;;;;/h3H,1-2H3;;;;;. The predicted molar refractivity (Wildman–Crippen MR) is 36.7 cm³/mol. The molecule has 0 radical (unpaired) electrons. The molecule has 0 fully saturated rings. The van der Waals surface area contributed by atoms with Crippen LogP contribution in [0.25, 0.3) is 0 Å². The second-order valence-corrected chi connectivity index (χ2v) is 1.89. The van der Waals surface area contributed by atoms with E-state index in [1.807, 2.05) is 13.8 Å². The van der Waals surface area contributed by atoms with E-state index in [0.717, 1.165) is 0 Å². The summed E-state index contributed by atoms with van der Waals surface area (Å²) in [5.74, 6) is 0. The molecule has 0 aromatic heterocycles. The van der Waals surface area contributed by atoms with Crippen LogP contribution in [-0.4, -0.2) is 47.3 Å². The summed E-state index contributed by atoms with van der Waals surface area (Å²) in [6.07, 6.45) is 0. The van der Waals surface area contributed by atoms with Crippen LogP contribution >= 0.6 is 11.6 Å². The number of alkyl halides is 1. The maximum atomic E-state index is 5.27. The molecule has 0 aliphatic carbocycles. The van der Waals surface area contributed by atoms with Crippen molar-refractivity contribution in [3.63, 3.8) is 0 Å². The molecule has 0 unspecified atom stereocenters. The minimum absolute atomic E-state index is 0. The molecule has 0 heterocycles. The van der Waals surface area contributed by atoms with Gasteiger partial charge in [0.05, 0.1) is 0 Å². The number of halogens is 1. The van der Waals surface area contributed by atoms with E-state index in [2.05, 4.69) is 0 Å². The van der Waals surface area contributed by atoms with Gasteiger partial charge in [0.2, 0.25) is 0 Å². The minimum Gasteiger partial charge on any atom is 0.316 e. The largest absolute Gasteiger partial charge is 0.316 e. The molecule has 0 aliphatic heterocycles. The second kappa shape index (κ2) is 9.82. The molecule has 0 aromatic carbocycles. The van der Waals surface area contributed by atoms with E-state index in [-0.39, 0.29) is 41.9 Å². The van der Waals surface area contributed by atoms with Crippen LogP contribution in [0.1, 0.15) is 13.8 Å². The predicted octanol–water partition coefficient (Wildman–Crippen LogP) is 0.0689. The smallest absolute Gasteiger partial charge is 0.316 e. The van der Waals surface area contributed by atoms with Gasteiger partial charge in [-0.05, 0) is 13.8 Å². The molecule has 0 aromatic rings. The third-order valence-corrected chi connectivity index (χ3v) is 0. The van der Waals surface area contributed by atoms with Crippen LogP contribution in [0, 0.1) is 0 Å². The first-order chi connectivity index (χ1) is 1.73. The first-order valence-corrected chi connectivity index (χ1v) is 1.81. The molecule has 0 amide bonds. The molecule has 0 N–H and O–H groups in total. The fourth-order valence-corrected chi connectivity index (χ4v) is 0. The monoisotopic (exact) mass is 112 g/mol. The van der Waals surface area contributed by atoms with Crippen LogP contribution < -0.4 is 0 Å². The van der Waals surface area contributed by atoms with E-state index in [9.17, 15) is 0 Å². The van der Waals surface area contributed by atoms with Crippen LogP contribution in [0.5, 0.6) is 0 Å². The maximum absolute atomic E-state index is 5.27. The van der Waals surface area contributed by atoms with Gasteiger partial charge in [-0.1, -0.05) is 0 Å². The van der Waals surface area contributed by atoms with Gasteiger partial charge in [0.15, 0.2) is 0 Å². The van der Waals surface area contributed by atoms with E-state index in [1.165, 1.54) is 0 Å². The Labute approximate surface area is 72.3 Å². The van der Waals surface area contributed by atoms with Gasteiger partial charge in [-0.15, -0.1) is 11.6 Å². The molecular weight excluding hydrogens is 103 g/mol. The molecule has 0 spiro atoms. The average Bonchev–Trinajstić information content (AvgIpc) is 0.811. The van der Waals surface area contributed by atoms with Crippen molar-refractivity contribution in [1.29, 1.82) is 0 Å². The quantitative estimate of drug-likeness (QED) is 0.308. The summed E-state index contributed by atoms with van der Waals surface area (Å²) < 4.78 is 0. The first kappa shape index (κ1) is 15.6. The zero-order chi connectivity index (χ0) is 3.58. The maximum Gasteiger partial charge on any atom is 0.316 e. The van der Waals surface area contributed by atoms with Gasteiger partial charge in [-0.3, -0.25) is 0 Å². The van der Waals surface area contributed by atoms with E-state index in [0.29, 0.717) is 5.38 Å². The van der Waals surface area contributed by atoms with E-state index in [1.54, 1.807) is 0 Å². The summed E-state index contributed by atoms with van der Waals surface area (Å²) >= 11 is 5.27. The molecular formula is C3H10ClLiMg. The van der Waals surface area contributed by atoms with E-state index >= 15 is 0 Å². The Hall–Kier alpha value is 1.65. The van der Waals surface area contributed by atoms with Crippen molar-refractivity contribution in [1.82, 2.24) is 0 Å². The molecule has 3 heteroatoms. The third-order valence-electron chi connectivity index (χ3n) is 0. The molecule has 0 atom stereocenters.